The Morgan fingerprint density at radius 2 is 1.29 bits per heavy atom. The molecule has 0 bridgehead atoms. The van der Waals surface area contributed by atoms with Crippen molar-refractivity contribution in [2.75, 3.05) is 69.1 Å². The molecule has 524 valence electrons. The number of nitrogens with zero attached hydrogens (tertiary/aromatic N) is 8. The van der Waals surface area contributed by atoms with E-state index < -0.39 is 95.0 Å². The number of aromatic nitrogens is 11. The van der Waals surface area contributed by atoms with Crippen LogP contribution in [0.2, 0.25) is 10.3 Å². The number of ketones is 1. The van der Waals surface area contributed by atoms with Crippen LogP contribution >= 0.6 is 127 Å². The van der Waals surface area contributed by atoms with E-state index in [1.165, 1.54) is 46.6 Å². The molecule has 39 heteroatoms. The maximum Gasteiger partial charge on any atom is 0.337 e. The van der Waals surface area contributed by atoms with Crippen molar-refractivity contribution in [1.29, 1.82) is 0 Å². The standard InChI is InChI=1S/C23H30FN5O3S.2C6H5ClFIN2S.C6H7FN2OS.C6H9FO3.C5H5FN2OS.C4H7FO2/c1-23(2,3)11-25-22-28-15(9-24)17(21-27-13-6-4-5-7-16(13)33-21)20(29-22)26-14-8-12(10-30)18(31)19(14)32;2*1-12-6-10-3(2-8)4(9)5(7)11-6;1-11-6-8-4(3-7)2-5(10)9-6;1-2-10-6(9)3-5(8)4-7;6-2-3-1-4(9)8-5(10)7-3;1-2-7-4(6)3-5/h4-7,12,14,18-19,30-32H,8-11H2,1-3H3,(H2,25,26,28,29);2*2H2,1H3;2H,3H2,1H3,(H,8,9,10);2-4H2,1H3;1H,2H2,(H2,7,8,9,10);2-3H2,1H3/t12-,14-,18-,19+;;;;;;/m1....../s1. The van der Waals surface area contributed by atoms with Crippen LogP contribution in [0.4, 0.5) is 42.5 Å². The summed E-state index contributed by atoms with van der Waals surface area (Å²) in [6.07, 6.45) is 3.14. The number of halogens is 11. The first-order valence-electron chi connectivity index (χ1n) is 27.5. The third-order valence-electron chi connectivity index (χ3n) is 11.4. The minimum atomic E-state index is -1.10. The zero-order chi connectivity index (χ0) is 71.5. The zero-order valence-corrected chi connectivity index (χ0v) is 61.9. The smallest absolute Gasteiger partial charge is 0.337 e. The summed E-state index contributed by atoms with van der Waals surface area (Å²) in [6, 6.07) is 9.37. The van der Waals surface area contributed by atoms with E-state index in [-0.39, 0.29) is 64.2 Å². The number of Topliss-reactive ketones (excluding diaryl/α,β-unsaturated/α-hetero) is 1. The number of carbonyl (C=O) groups is 3. The van der Waals surface area contributed by atoms with E-state index in [1.54, 1.807) is 20.1 Å². The number of nitrogens with one attached hydrogen (secondary N) is 5. The van der Waals surface area contributed by atoms with Gasteiger partial charge in [0.1, 0.15) is 73.7 Å². The first-order valence-corrected chi connectivity index (χ1v) is 35.4. The molecule has 95 heavy (non-hydrogen) atoms. The second-order valence-electron chi connectivity index (χ2n) is 19.7. The highest BCUT2D eigenvalue weighted by Crippen LogP contribution is 2.39. The number of aromatic amines is 3. The molecule has 4 atom stereocenters. The van der Waals surface area contributed by atoms with Gasteiger partial charge in [-0.25, -0.2) is 70.4 Å². The van der Waals surface area contributed by atoms with Gasteiger partial charge in [0.15, 0.2) is 32.7 Å². The minimum Gasteiger partial charge on any atom is -0.466 e. The van der Waals surface area contributed by atoms with E-state index in [0.717, 1.165) is 22.3 Å². The predicted molar refractivity (Wildman–Crippen MR) is 374 cm³/mol. The molecular formula is C56H68Cl2F7I2N13O10S5. The van der Waals surface area contributed by atoms with Gasteiger partial charge in [0.2, 0.25) is 5.95 Å². The number of aliphatic hydroxyl groups is 3. The third-order valence-corrected chi connectivity index (χ3v) is 17.7. The van der Waals surface area contributed by atoms with E-state index in [2.05, 4.69) is 108 Å². The number of fused-ring (bicyclic) bond motifs is 1. The van der Waals surface area contributed by atoms with Crippen LogP contribution in [0.15, 0.2) is 61.5 Å². The van der Waals surface area contributed by atoms with Crippen LogP contribution in [0, 0.1) is 23.2 Å². The van der Waals surface area contributed by atoms with Crippen LogP contribution in [0.25, 0.3) is 20.8 Å². The summed E-state index contributed by atoms with van der Waals surface area (Å²) < 4.78 is 96.1. The number of ether oxygens (including phenoxy) is 2. The summed E-state index contributed by atoms with van der Waals surface area (Å²) in [6.45, 7) is 4.73. The fourth-order valence-corrected chi connectivity index (χ4v) is 10.8. The van der Waals surface area contributed by atoms with Crippen molar-refractivity contribution in [2.45, 2.75) is 115 Å². The lowest BCUT2D eigenvalue weighted by atomic mass is 9.97. The monoisotopic (exact) mass is 1700 g/mol. The predicted octanol–water partition coefficient (Wildman–Crippen LogP) is 11.9. The molecule has 0 spiro atoms. The van der Waals surface area contributed by atoms with Crippen LogP contribution in [-0.2, 0) is 57.2 Å². The minimum absolute atomic E-state index is 0.0430. The molecule has 23 nitrogen and oxygen atoms in total. The molecule has 6 heterocycles. The summed E-state index contributed by atoms with van der Waals surface area (Å²) in [4.78, 5) is 92.3. The molecule has 1 aromatic carbocycles. The van der Waals surface area contributed by atoms with Crippen molar-refractivity contribution in [3.63, 3.8) is 0 Å². The molecule has 1 saturated carbocycles. The summed E-state index contributed by atoms with van der Waals surface area (Å²) in [5.41, 5.74) is 1.79. The number of hydrogen-bond acceptors (Lipinski definition) is 25. The molecule has 1 aliphatic carbocycles. The average molecular weight is 1700 g/mol. The molecule has 1 aliphatic rings. The molecular weight excluding hydrogens is 1630 g/mol. The van der Waals surface area contributed by atoms with Gasteiger partial charge in [0, 0.05) is 31.2 Å². The molecule has 6 aromatic heterocycles. The van der Waals surface area contributed by atoms with Gasteiger partial charge in [0.25, 0.3) is 11.1 Å². The maximum absolute atomic E-state index is 14.2. The van der Waals surface area contributed by atoms with Gasteiger partial charge in [-0.2, -0.15) is 4.98 Å². The van der Waals surface area contributed by atoms with E-state index in [1.807, 2.05) is 82.0 Å². The fraction of sp³-hybridized carbons (Fsp3) is 0.464. The quantitative estimate of drug-likeness (QED) is 0.00514. The molecule has 1 fully saturated rings. The van der Waals surface area contributed by atoms with Crippen molar-refractivity contribution in [2.24, 2.45) is 11.3 Å². The highest BCUT2D eigenvalue weighted by atomic mass is 127. The Morgan fingerprint density at radius 3 is 1.75 bits per heavy atom. The van der Waals surface area contributed by atoms with Crippen molar-refractivity contribution < 1.29 is 69.9 Å². The van der Waals surface area contributed by atoms with Crippen LogP contribution in [0.5, 0.6) is 0 Å². The van der Waals surface area contributed by atoms with Gasteiger partial charge in [-0.15, -0.1) is 11.3 Å². The Labute approximate surface area is 600 Å². The number of rotatable bonds is 20. The van der Waals surface area contributed by atoms with Crippen LogP contribution in [-0.4, -0.2) is 165 Å². The summed E-state index contributed by atoms with van der Waals surface area (Å²) >= 11 is 25.3. The normalized spacial score (nSPS) is 14.4. The molecule has 0 amide bonds. The number of alkyl halides is 7. The summed E-state index contributed by atoms with van der Waals surface area (Å²) in [5, 5.41) is 39.4. The number of para-hydroxylation sites is 1. The second-order valence-corrected chi connectivity index (χ2v) is 26.3. The van der Waals surface area contributed by atoms with E-state index in [0.29, 0.717) is 73.7 Å². The maximum atomic E-state index is 14.2. The van der Waals surface area contributed by atoms with Gasteiger partial charge in [-0.1, -0.05) is 91.4 Å². The number of anilines is 2. The van der Waals surface area contributed by atoms with E-state index >= 15 is 0 Å². The molecule has 8 N–H and O–H groups in total. The largest absolute Gasteiger partial charge is 0.466 e. The van der Waals surface area contributed by atoms with Crippen LogP contribution in [0.1, 0.15) is 75.9 Å². The van der Waals surface area contributed by atoms with Gasteiger partial charge >= 0.3 is 11.9 Å². The third kappa shape index (κ3) is 30.8. The molecule has 0 radical (unpaired) electrons. The Hall–Kier alpha value is -4.98. The number of carbonyl (C=O) groups excluding carboxylic acids is 3. The number of thiazole rings is 1. The molecule has 0 saturated heterocycles. The molecule has 0 unspecified atom stereocenters. The number of esters is 2. The average Bonchev–Trinajstić information content (AvgIpc) is 1.70. The van der Waals surface area contributed by atoms with Crippen molar-refractivity contribution in [3.05, 3.63) is 108 Å². The van der Waals surface area contributed by atoms with Gasteiger partial charge < -0.3 is 45.4 Å². The number of thioether (sulfide) groups is 3. The van der Waals surface area contributed by atoms with Gasteiger partial charge in [-0.3, -0.25) is 24.2 Å². The van der Waals surface area contributed by atoms with E-state index in [9.17, 15) is 70.0 Å². The SMILES string of the molecule is CC(C)(C)CNc1nc(CF)c(-c2nc3ccccc3s2)c(N[C@@H]2C[C@H](CO)[C@@H](O)[C@H]2O)n1.CCOC(=O)CC(=O)CF.CCOC(=O)CF.CSc1nc(CF)cc(=O)[nH]1.CSc1nc(Cl)c(I)c(CF)n1.CSc1nc(Cl)c(I)c(CF)n1.O=c1cc(CF)[nH]c(=S)[nH]1. The lowest BCUT2D eigenvalue weighted by Gasteiger charge is -2.23. The lowest BCUT2D eigenvalue weighted by Crippen LogP contribution is -2.36. The van der Waals surface area contributed by atoms with Gasteiger partial charge in [-0.05, 0) is 114 Å². The fourth-order valence-electron chi connectivity index (χ4n) is 7.06. The summed E-state index contributed by atoms with van der Waals surface area (Å²) in [7, 11) is 0. The molecule has 7 aromatic rings. The highest BCUT2D eigenvalue weighted by molar-refractivity contribution is 14.1. The zero-order valence-electron chi connectivity index (χ0n) is 51.9. The second kappa shape index (κ2) is 45.6. The van der Waals surface area contributed by atoms with Gasteiger partial charge in [0.05, 0.1) is 76.7 Å². The Bertz CT molecular complexity index is 3600. The van der Waals surface area contributed by atoms with E-state index in [4.69, 9.17) is 23.2 Å². The first kappa shape index (κ1) is 86.1. The Balaban J connectivity index is 0.000000414. The number of hydrogen-bond donors (Lipinski definition) is 8. The number of benzene rings is 1. The Kier molecular flexibility index (Phi) is 41.3. The lowest BCUT2D eigenvalue weighted by molar-refractivity contribution is -0.146. The number of H-pyrrole nitrogens is 3. The Morgan fingerprint density at radius 1 is 0.726 bits per heavy atom. The summed E-state index contributed by atoms with van der Waals surface area (Å²) in [5.74, 6) is -2.03. The van der Waals surface area contributed by atoms with Crippen LogP contribution in [0.3, 0.4) is 0 Å². The van der Waals surface area contributed by atoms with Crippen molar-refractivity contribution >= 4 is 167 Å². The van der Waals surface area contributed by atoms with Crippen molar-refractivity contribution in [1.82, 2.24) is 54.8 Å². The van der Waals surface area contributed by atoms with Crippen LogP contribution < -0.4 is 21.8 Å². The van der Waals surface area contributed by atoms with Crippen molar-refractivity contribution in [3.8, 4) is 10.6 Å². The molecule has 8 rings (SSSR count). The molecule has 0 aliphatic heterocycles. The topological polar surface area (TPSA) is 339 Å². The highest BCUT2D eigenvalue weighted by Gasteiger charge is 2.42. The number of aliphatic hydroxyl groups excluding tert-OH is 3. The first-order chi connectivity index (χ1) is 45.1.